The molecule has 1 aromatic carbocycles. The summed E-state index contributed by atoms with van der Waals surface area (Å²) in [6.07, 6.45) is 5.89. The Bertz CT molecular complexity index is 1120. The maximum Gasteiger partial charge on any atom is 0.274 e. The number of anilines is 1. The molecule has 0 radical (unpaired) electrons. The lowest BCUT2D eigenvalue weighted by Crippen LogP contribution is -2.31. The summed E-state index contributed by atoms with van der Waals surface area (Å²) in [6, 6.07) is 7.25. The number of nitrogens with zero attached hydrogens (tertiary/aromatic N) is 2. The molecule has 5 nitrogen and oxygen atoms in total. The van der Waals surface area contributed by atoms with E-state index in [1.54, 1.807) is 12.4 Å². The highest BCUT2D eigenvalue weighted by atomic mass is 19.1. The first-order valence-electron chi connectivity index (χ1n) is 10.4. The third-order valence-corrected chi connectivity index (χ3v) is 5.80. The molecular formula is C24H23F3N4O. The van der Waals surface area contributed by atoms with E-state index in [9.17, 15) is 18.0 Å². The fourth-order valence-electron chi connectivity index (χ4n) is 4.43. The molecule has 1 aliphatic carbocycles. The smallest absolute Gasteiger partial charge is 0.274 e. The third kappa shape index (κ3) is 4.50. The van der Waals surface area contributed by atoms with Crippen molar-refractivity contribution in [1.82, 2.24) is 9.97 Å². The number of carbonyl (C=O) groups is 1. The summed E-state index contributed by atoms with van der Waals surface area (Å²) in [4.78, 5) is 20.9. The predicted octanol–water partition coefficient (Wildman–Crippen LogP) is 5.04. The number of hydrogen-bond donors (Lipinski definition) is 2. The van der Waals surface area contributed by atoms with Gasteiger partial charge in [-0.05, 0) is 67.0 Å². The van der Waals surface area contributed by atoms with Crippen LogP contribution in [0.3, 0.4) is 0 Å². The van der Waals surface area contributed by atoms with Gasteiger partial charge in [0.25, 0.3) is 5.91 Å². The monoisotopic (exact) mass is 440 g/mol. The predicted molar refractivity (Wildman–Crippen MR) is 115 cm³/mol. The van der Waals surface area contributed by atoms with Gasteiger partial charge in [0.15, 0.2) is 0 Å². The van der Waals surface area contributed by atoms with Crippen molar-refractivity contribution in [3.05, 3.63) is 77.5 Å². The average molecular weight is 440 g/mol. The van der Waals surface area contributed by atoms with Crippen LogP contribution in [-0.4, -0.2) is 21.9 Å². The van der Waals surface area contributed by atoms with Gasteiger partial charge in [-0.3, -0.25) is 9.78 Å². The number of aromatic nitrogens is 2. The van der Waals surface area contributed by atoms with Gasteiger partial charge in [-0.25, -0.2) is 18.2 Å². The number of nitrogens with one attached hydrogen (secondary N) is 1. The van der Waals surface area contributed by atoms with Crippen molar-refractivity contribution in [2.75, 3.05) is 5.32 Å². The van der Waals surface area contributed by atoms with Crippen molar-refractivity contribution in [3.8, 4) is 11.3 Å². The standard InChI is InChI=1S/C24H23F3N4O/c1-13-9-14(11-15(28)10-13)16-7-8-29-12-21(16)31-24(32)20-6-5-19(27)23(30-20)22-17(25)3-2-4-18(22)26/h2-8,12-15H,9-11,28H2,1H3,(H,31,32)/t13-,14?,15+/m0/s1. The Morgan fingerprint density at radius 1 is 1.03 bits per heavy atom. The molecule has 1 unspecified atom stereocenters. The lowest BCUT2D eigenvalue weighted by atomic mass is 9.76. The molecule has 3 N–H and O–H groups in total. The summed E-state index contributed by atoms with van der Waals surface area (Å²) in [5.41, 5.74) is 6.26. The van der Waals surface area contributed by atoms with E-state index in [0.717, 1.165) is 43.0 Å². The second kappa shape index (κ2) is 9.08. The molecule has 0 bridgehead atoms. The van der Waals surface area contributed by atoms with Crippen molar-refractivity contribution in [1.29, 1.82) is 0 Å². The van der Waals surface area contributed by atoms with Gasteiger partial charge in [-0.1, -0.05) is 13.0 Å². The minimum absolute atomic E-state index is 0.0810. The lowest BCUT2D eigenvalue weighted by Gasteiger charge is -2.32. The summed E-state index contributed by atoms with van der Waals surface area (Å²) in [6.45, 7) is 2.15. The molecule has 2 aromatic heterocycles. The van der Waals surface area contributed by atoms with Crippen LogP contribution in [0.15, 0.2) is 48.8 Å². The summed E-state index contributed by atoms with van der Waals surface area (Å²) in [7, 11) is 0. The van der Waals surface area contributed by atoms with Gasteiger partial charge >= 0.3 is 0 Å². The highest BCUT2D eigenvalue weighted by Crippen LogP contribution is 2.38. The molecule has 1 amide bonds. The van der Waals surface area contributed by atoms with Crippen LogP contribution in [0.2, 0.25) is 0 Å². The van der Waals surface area contributed by atoms with Gasteiger partial charge in [-0.15, -0.1) is 0 Å². The van der Waals surface area contributed by atoms with Gasteiger partial charge in [0.1, 0.15) is 28.8 Å². The molecule has 32 heavy (non-hydrogen) atoms. The molecule has 3 aromatic rings. The number of amides is 1. The highest BCUT2D eigenvalue weighted by molar-refractivity contribution is 6.03. The summed E-state index contributed by atoms with van der Waals surface area (Å²) in [5.74, 6) is -2.88. The van der Waals surface area contributed by atoms with Gasteiger partial charge in [-0.2, -0.15) is 0 Å². The number of carbonyl (C=O) groups excluding carboxylic acids is 1. The number of nitrogens with two attached hydrogens (primary N) is 1. The zero-order chi connectivity index (χ0) is 22.8. The molecule has 0 aliphatic heterocycles. The van der Waals surface area contributed by atoms with Crippen LogP contribution in [0.1, 0.15) is 48.2 Å². The van der Waals surface area contributed by atoms with Crippen LogP contribution in [-0.2, 0) is 0 Å². The number of benzene rings is 1. The van der Waals surface area contributed by atoms with E-state index < -0.39 is 34.6 Å². The van der Waals surface area contributed by atoms with E-state index >= 15 is 0 Å². The molecule has 1 saturated carbocycles. The Hall–Kier alpha value is -3.26. The van der Waals surface area contributed by atoms with E-state index in [1.807, 2.05) is 6.07 Å². The molecule has 166 valence electrons. The molecule has 4 rings (SSSR count). The number of hydrogen-bond acceptors (Lipinski definition) is 4. The van der Waals surface area contributed by atoms with Crippen LogP contribution in [0.5, 0.6) is 0 Å². The minimum Gasteiger partial charge on any atom is -0.328 e. The van der Waals surface area contributed by atoms with Crippen LogP contribution in [0.25, 0.3) is 11.3 Å². The minimum atomic E-state index is -0.966. The Morgan fingerprint density at radius 3 is 2.50 bits per heavy atom. The zero-order valence-corrected chi connectivity index (χ0v) is 17.5. The Kier molecular flexibility index (Phi) is 6.23. The van der Waals surface area contributed by atoms with E-state index in [1.165, 1.54) is 12.1 Å². The van der Waals surface area contributed by atoms with Crippen molar-refractivity contribution in [2.24, 2.45) is 11.7 Å². The van der Waals surface area contributed by atoms with Gasteiger partial charge in [0.2, 0.25) is 0 Å². The second-order valence-corrected chi connectivity index (χ2v) is 8.31. The average Bonchev–Trinajstić information content (AvgIpc) is 2.74. The summed E-state index contributed by atoms with van der Waals surface area (Å²) >= 11 is 0. The fourth-order valence-corrected chi connectivity index (χ4v) is 4.43. The molecule has 0 spiro atoms. The van der Waals surface area contributed by atoms with Crippen molar-refractivity contribution >= 4 is 11.6 Å². The maximum atomic E-state index is 14.3. The highest BCUT2D eigenvalue weighted by Gasteiger charge is 2.28. The third-order valence-electron chi connectivity index (χ3n) is 5.80. The molecule has 1 fully saturated rings. The van der Waals surface area contributed by atoms with Crippen molar-refractivity contribution < 1.29 is 18.0 Å². The van der Waals surface area contributed by atoms with Crippen molar-refractivity contribution in [2.45, 2.75) is 38.1 Å². The Morgan fingerprint density at radius 2 is 1.78 bits per heavy atom. The Balaban J connectivity index is 1.64. The molecular weight excluding hydrogens is 417 g/mol. The molecule has 8 heteroatoms. The van der Waals surface area contributed by atoms with E-state index in [0.29, 0.717) is 11.6 Å². The van der Waals surface area contributed by atoms with Gasteiger partial charge in [0.05, 0.1) is 17.4 Å². The molecule has 3 atom stereocenters. The maximum absolute atomic E-state index is 14.3. The van der Waals surface area contributed by atoms with Gasteiger partial charge < -0.3 is 11.1 Å². The van der Waals surface area contributed by atoms with E-state index in [-0.39, 0.29) is 17.7 Å². The summed E-state index contributed by atoms with van der Waals surface area (Å²) in [5, 5.41) is 2.77. The quantitative estimate of drug-likeness (QED) is 0.595. The number of rotatable bonds is 4. The topological polar surface area (TPSA) is 80.9 Å². The normalized spacial score (nSPS) is 20.7. The zero-order valence-electron chi connectivity index (χ0n) is 17.5. The first-order valence-corrected chi connectivity index (χ1v) is 10.4. The van der Waals surface area contributed by atoms with Crippen molar-refractivity contribution in [3.63, 3.8) is 0 Å². The van der Waals surface area contributed by atoms with Crippen LogP contribution in [0.4, 0.5) is 18.9 Å². The fraction of sp³-hybridized carbons (Fsp3) is 0.292. The first kappa shape index (κ1) is 22.0. The molecule has 2 heterocycles. The van der Waals surface area contributed by atoms with Crippen LogP contribution < -0.4 is 11.1 Å². The lowest BCUT2D eigenvalue weighted by molar-refractivity contribution is 0.102. The van der Waals surface area contributed by atoms with Gasteiger partial charge in [0, 0.05) is 12.2 Å². The molecule has 1 aliphatic rings. The van der Waals surface area contributed by atoms with E-state index in [4.69, 9.17) is 5.73 Å². The number of pyridine rings is 2. The molecule has 0 saturated heterocycles. The largest absolute Gasteiger partial charge is 0.328 e. The van der Waals surface area contributed by atoms with Crippen LogP contribution in [0, 0.1) is 23.4 Å². The van der Waals surface area contributed by atoms with E-state index in [2.05, 4.69) is 22.2 Å². The SMILES string of the molecule is C[C@H]1CC(c2ccncc2NC(=O)c2ccc(F)c(-c3c(F)cccc3F)n2)C[C@H](N)C1. The summed E-state index contributed by atoms with van der Waals surface area (Å²) < 4.78 is 42.6. The van der Waals surface area contributed by atoms with Crippen LogP contribution >= 0.6 is 0 Å². The number of halogens is 3. The second-order valence-electron chi connectivity index (χ2n) is 8.31. The Labute approximate surface area is 183 Å². The first-order chi connectivity index (χ1) is 15.3.